The summed E-state index contributed by atoms with van der Waals surface area (Å²) in [5.41, 5.74) is 5.42. The van der Waals surface area contributed by atoms with Crippen LogP contribution in [0.1, 0.15) is 71.3 Å². The molecular weight excluding hydrogens is 670 g/mol. The number of carboxylic acid groups (broad SMARTS) is 3. The van der Waals surface area contributed by atoms with Gasteiger partial charge in [0.15, 0.2) is 6.29 Å². The van der Waals surface area contributed by atoms with Gasteiger partial charge in [0.1, 0.15) is 17.1 Å². The van der Waals surface area contributed by atoms with Crippen molar-refractivity contribution in [2.24, 2.45) is 0 Å². The number of nitrogens with zero attached hydrogens (tertiary/aromatic N) is 7. The first-order valence-corrected chi connectivity index (χ1v) is 15.8. The average Bonchev–Trinajstić information content (AvgIpc) is 3.13. The molecule has 5 aromatic heterocycles. The Bertz CT molecular complexity index is 1880. The molecule has 52 heavy (non-hydrogen) atoms. The number of rotatable bonds is 15. The molecule has 0 atom stereocenters. The number of carbonyl (C=O) groups excluding carboxylic acids is 1. The number of hydrogen-bond donors (Lipinski definition) is 4. The molecule has 0 bridgehead atoms. The second-order valence-electron chi connectivity index (χ2n) is 11.1. The molecule has 0 aliphatic carbocycles. The number of hydrogen-bond acceptors (Lipinski definition) is 12. The molecule has 5 rings (SSSR count). The molecule has 5 aromatic rings. The number of aliphatic hydroxyl groups is 1. The standard InChI is InChI=1S/C35H33N7O5.CH2O2.CH4O/c1-24-7-2-8-25(36-24)17-41(20-28-11-4-14-31(23-43)38-28)18-26-9-3-10-27(37-26)19-42(21-29-12-5-15-32(39-29)34(44)45)22-30-13-6-16-33(40-30)35(46)47;2-1-3;1-2/h2-16,23H,17-22H2,1H3,(H,44,45)(H,46,47);1H,(H,2,3);2H,1H3. The van der Waals surface area contributed by atoms with E-state index in [1.165, 1.54) is 12.1 Å². The van der Waals surface area contributed by atoms with Crippen molar-refractivity contribution in [3.8, 4) is 0 Å². The largest absolute Gasteiger partial charge is 0.483 e. The maximum Gasteiger partial charge on any atom is 0.354 e. The van der Waals surface area contributed by atoms with Gasteiger partial charge in [-0.2, -0.15) is 0 Å². The third-order valence-corrected chi connectivity index (χ3v) is 7.12. The highest BCUT2D eigenvalue weighted by Gasteiger charge is 2.16. The van der Waals surface area contributed by atoms with Crippen LogP contribution in [0.4, 0.5) is 0 Å². The lowest BCUT2D eigenvalue weighted by atomic mass is 10.2. The number of aldehydes is 1. The Hall–Kier alpha value is -6.29. The number of carbonyl (C=O) groups is 4. The fourth-order valence-corrected chi connectivity index (χ4v) is 5.13. The van der Waals surface area contributed by atoms with E-state index in [1.807, 2.05) is 60.4 Å². The Morgan fingerprint density at radius 3 is 1.25 bits per heavy atom. The van der Waals surface area contributed by atoms with E-state index in [9.17, 15) is 24.6 Å². The lowest BCUT2D eigenvalue weighted by Crippen LogP contribution is -2.26. The molecule has 0 radical (unpaired) electrons. The van der Waals surface area contributed by atoms with Crippen molar-refractivity contribution >= 4 is 24.7 Å². The maximum atomic E-state index is 11.5. The minimum absolute atomic E-state index is 0.0649. The summed E-state index contributed by atoms with van der Waals surface area (Å²) in [5.74, 6) is -2.25. The van der Waals surface area contributed by atoms with Crippen molar-refractivity contribution in [1.82, 2.24) is 34.7 Å². The van der Waals surface area contributed by atoms with Crippen molar-refractivity contribution in [1.29, 1.82) is 0 Å². The first kappa shape index (κ1) is 40.1. The summed E-state index contributed by atoms with van der Waals surface area (Å²) in [6.45, 7) is 4.07. The first-order valence-electron chi connectivity index (χ1n) is 15.8. The van der Waals surface area contributed by atoms with Gasteiger partial charge in [0.05, 0.1) is 34.2 Å². The minimum atomic E-state index is -1.12. The SMILES string of the molecule is CO.Cc1cccc(CN(Cc2cccc(C=O)n2)Cc2cccc(CN(Cc3cccc(C(=O)O)n3)Cc3cccc(C(=O)O)n3)n2)n1.O=CO. The molecule has 0 amide bonds. The number of pyridine rings is 5. The van der Waals surface area contributed by atoms with E-state index in [1.54, 1.807) is 30.3 Å². The van der Waals surface area contributed by atoms with Gasteiger partial charge in [-0.25, -0.2) is 24.5 Å². The molecule has 0 aromatic carbocycles. The number of aromatic carboxylic acids is 2. The van der Waals surface area contributed by atoms with Crippen LogP contribution >= 0.6 is 0 Å². The Balaban J connectivity index is 0.00000139. The Kier molecular flexibility index (Phi) is 16.2. The topological polar surface area (TPSA) is 220 Å². The molecule has 15 nitrogen and oxygen atoms in total. The van der Waals surface area contributed by atoms with Gasteiger partial charge in [-0.1, -0.05) is 30.3 Å². The summed E-state index contributed by atoms with van der Waals surface area (Å²) < 4.78 is 0. The van der Waals surface area contributed by atoms with Crippen LogP contribution in [0.2, 0.25) is 0 Å². The van der Waals surface area contributed by atoms with E-state index in [0.29, 0.717) is 43.3 Å². The van der Waals surface area contributed by atoms with Crippen LogP contribution in [0, 0.1) is 6.92 Å². The van der Waals surface area contributed by atoms with Crippen molar-refractivity contribution in [3.05, 3.63) is 148 Å². The van der Waals surface area contributed by atoms with Crippen LogP contribution in [0.3, 0.4) is 0 Å². The first-order chi connectivity index (χ1) is 25.1. The van der Waals surface area contributed by atoms with Crippen molar-refractivity contribution in [2.45, 2.75) is 46.2 Å². The number of carboxylic acids is 2. The molecule has 4 N–H and O–H groups in total. The van der Waals surface area contributed by atoms with E-state index < -0.39 is 11.9 Å². The van der Waals surface area contributed by atoms with Gasteiger partial charge in [-0.15, -0.1) is 0 Å². The monoisotopic (exact) mass is 709 g/mol. The van der Waals surface area contributed by atoms with Crippen molar-refractivity contribution in [2.75, 3.05) is 7.11 Å². The van der Waals surface area contributed by atoms with Crippen LogP contribution in [0.25, 0.3) is 0 Å². The quantitative estimate of drug-likeness (QED) is 0.113. The molecule has 0 saturated carbocycles. The van der Waals surface area contributed by atoms with Crippen LogP contribution in [-0.4, -0.2) is 87.0 Å². The fraction of sp³-hybridized carbons (Fsp3) is 0.216. The predicted molar refractivity (Wildman–Crippen MR) is 188 cm³/mol. The van der Waals surface area contributed by atoms with Gasteiger partial charge >= 0.3 is 11.9 Å². The highest BCUT2D eigenvalue weighted by Crippen LogP contribution is 2.16. The number of aliphatic hydroxyl groups excluding tert-OH is 1. The highest BCUT2D eigenvalue weighted by molar-refractivity contribution is 5.85. The second-order valence-corrected chi connectivity index (χ2v) is 11.1. The Morgan fingerprint density at radius 2 is 0.865 bits per heavy atom. The van der Waals surface area contributed by atoms with E-state index >= 15 is 0 Å². The molecule has 0 aliphatic heterocycles. The summed E-state index contributed by atoms with van der Waals surface area (Å²) in [6.07, 6.45) is 0.730. The molecular formula is C37H39N7O8. The molecule has 0 spiro atoms. The molecule has 0 aliphatic rings. The molecule has 270 valence electrons. The van der Waals surface area contributed by atoms with Gasteiger partial charge in [-0.05, 0) is 67.6 Å². The Morgan fingerprint density at radius 1 is 0.538 bits per heavy atom. The average molecular weight is 710 g/mol. The smallest absolute Gasteiger partial charge is 0.354 e. The molecule has 15 heteroatoms. The Labute approximate surface area is 299 Å². The van der Waals surface area contributed by atoms with Crippen LogP contribution in [-0.2, 0) is 44.1 Å². The van der Waals surface area contributed by atoms with Gasteiger partial charge in [0.25, 0.3) is 6.47 Å². The highest BCUT2D eigenvalue weighted by atomic mass is 16.4. The van der Waals surface area contributed by atoms with Crippen LogP contribution in [0.5, 0.6) is 0 Å². The molecule has 0 fully saturated rings. The van der Waals surface area contributed by atoms with Gasteiger partial charge in [0.2, 0.25) is 0 Å². The zero-order valence-electron chi connectivity index (χ0n) is 28.6. The fourth-order valence-electron chi connectivity index (χ4n) is 5.13. The summed E-state index contributed by atoms with van der Waals surface area (Å²) in [7, 11) is 1.00. The van der Waals surface area contributed by atoms with Gasteiger partial charge in [-0.3, -0.25) is 29.4 Å². The summed E-state index contributed by atoms with van der Waals surface area (Å²) in [5, 5.41) is 32.8. The lowest BCUT2D eigenvalue weighted by Gasteiger charge is -2.23. The normalized spacial score (nSPS) is 10.4. The zero-order valence-corrected chi connectivity index (χ0v) is 28.6. The minimum Gasteiger partial charge on any atom is -0.483 e. The summed E-state index contributed by atoms with van der Waals surface area (Å²) in [4.78, 5) is 69.6. The van der Waals surface area contributed by atoms with Crippen LogP contribution < -0.4 is 0 Å². The van der Waals surface area contributed by atoms with Crippen molar-refractivity contribution in [3.63, 3.8) is 0 Å². The summed E-state index contributed by atoms with van der Waals surface area (Å²) >= 11 is 0. The van der Waals surface area contributed by atoms with Gasteiger partial charge < -0.3 is 20.4 Å². The second kappa shape index (κ2) is 21.0. The predicted octanol–water partition coefficient (Wildman–Crippen LogP) is 3.89. The number of aromatic nitrogens is 5. The molecule has 0 unspecified atom stereocenters. The zero-order chi connectivity index (χ0) is 37.9. The van der Waals surface area contributed by atoms with E-state index in [0.717, 1.165) is 41.9 Å². The molecule has 0 saturated heterocycles. The van der Waals surface area contributed by atoms with Crippen LogP contribution in [0.15, 0.2) is 91.0 Å². The maximum absolute atomic E-state index is 11.5. The third kappa shape index (κ3) is 13.2. The summed E-state index contributed by atoms with van der Waals surface area (Å²) in [6, 6.07) is 26.7. The third-order valence-electron chi connectivity index (χ3n) is 7.12. The van der Waals surface area contributed by atoms with E-state index in [2.05, 4.69) is 24.8 Å². The van der Waals surface area contributed by atoms with E-state index in [4.69, 9.17) is 20.0 Å². The molecule has 5 heterocycles. The lowest BCUT2D eigenvalue weighted by molar-refractivity contribution is -0.122. The van der Waals surface area contributed by atoms with Gasteiger partial charge in [0, 0.05) is 52.1 Å². The number of aryl methyl sites for hydroxylation is 1. The van der Waals surface area contributed by atoms with E-state index in [-0.39, 0.29) is 30.9 Å². The van der Waals surface area contributed by atoms with Crippen molar-refractivity contribution < 1.29 is 39.6 Å².